The van der Waals surface area contributed by atoms with Crippen LogP contribution in [0.2, 0.25) is 5.02 Å². The van der Waals surface area contributed by atoms with Crippen LogP contribution in [0.15, 0.2) is 47.0 Å². The Hall–Kier alpha value is -3.05. The summed E-state index contributed by atoms with van der Waals surface area (Å²) in [7, 11) is 0. The zero-order chi connectivity index (χ0) is 19.4. The molecule has 2 N–H and O–H groups in total. The summed E-state index contributed by atoms with van der Waals surface area (Å²) in [5, 5.41) is 17.7. The molecule has 2 aromatic carbocycles. The van der Waals surface area contributed by atoms with E-state index in [0.717, 1.165) is 11.1 Å². The van der Waals surface area contributed by atoms with E-state index in [4.69, 9.17) is 16.1 Å². The highest BCUT2D eigenvalue weighted by Crippen LogP contribution is 2.43. The molecule has 0 saturated heterocycles. The van der Waals surface area contributed by atoms with Gasteiger partial charge < -0.3 is 14.9 Å². The molecule has 1 saturated carbocycles. The third-order valence-corrected chi connectivity index (χ3v) is 5.53. The minimum absolute atomic E-state index is 0.152. The quantitative estimate of drug-likeness (QED) is 0.452. The summed E-state index contributed by atoms with van der Waals surface area (Å²) in [6.45, 7) is 1.75. The van der Waals surface area contributed by atoms with E-state index in [1.807, 2.05) is 6.07 Å². The average molecular weight is 393 g/mol. The van der Waals surface area contributed by atoms with Crippen LogP contribution in [0.3, 0.4) is 0 Å². The molecule has 3 aromatic rings. The number of carbonyl (C=O) groups is 1. The van der Waals surface area contributed by atoms with Crippen molar-refractivity contribution in [2.24, 2.45) is 0 Å². The van der Waals surface area contributed by atoms with Gasteiger partial charge in [0.1, 0.15) is 0 Å². The van der Waals surface area contributed by atoms with Crippen LogP contribution in [-0.4, -0.2) is 16.2 Å². The molecule has 0 bridgehead atoms. The van der Waals surface area contributed by atoms with Gasteiger partial charge in [-0.25, -0.2) is 0 Å². The fourth-order valence-electron chi connectivity index (χ4n) is 3.60. The number of amides is 1. The normalized spacial score (nSPS) is 17.4. The molecule has 0 radical (unpaired) electrons. The molecule has 0 spiro atoms. The Morgan fingerprint density at radius 3 is 2.57 bits per heavy atom. The highest BCUT2D eigenvalue weighted by molar-refractivity contribution is 6.38. The molecule has 0 atom stereocenters. The molecule has 1 aromatic heterocycles. The summed E-state index contributed by atoms with van der Waals surface area (Å²) >= 11 is 6.49. The van der Waals surface area contributed by atoms with Gasteiger partial charge in [0.25, 0.3) is 5.91 Å². The number of fused-ring (bicyclic) bond motifs is 1. The van der Waals surface area contributed by atoms with Crippen molar-refractivity contribution in [1.29, 1.82) is 0 Å². The number of halogens is 1. The van der Waals surface area contributed by atoms with Gasteiger partial charge in [-0.2, -0.15) is 0 Å². The number of aryl methyl sites for hydroxylation is 1. The first-order valence-corrected chi connectivity index (χ1v) is 9.51. The van der Waals surface area contributed by atoms with Gasteiger partial charge in [-0.3, -0.25) is 4.79 Å². The number of hydrogen-bond acceptors (Lipinski definition) is 4. The summed E-state index contributed by atoms with van der Waals surface area (Å²) in [4.78, 5) is 12.5. The van der Waals surface area contributed by atoms with E-state index in [9.17, 15) is 9.90 Å². The number of hydrogen-bond donors (Lipinski definition) is 2. The van der Waals surface area contributed by atoms with E-state index < -0.39 is 5.91 Å². The molecule has 1 aliphatic carbocycles. The summed E-state index contributed by atoms with van der Waals surface area (Å²) in [6, 6.07) is 13.5. The summed E-state index contributed by atoms with van der Waals surface area (Å²) in [5.74, 6) is 0.192. The molecule has 2 heterocycles. The van der Waals surface area contributed by atoms with Crippen LogP contribution in [0.1, 0.15) is 41.3 Å². The van der Waals surface area contributed by atoms with Crippen LogP contribution in [0.4, 0.5) is 5.69 Å². The fourth-order valence-corrected chi connectivity index (χ4v) is 3.87. The number of carbonyl (C=O) groups excluding carboxylic acids is 1. The third kappa shape index (κ3) is 2.79. The lowest BCUT2D eigenvalue weighted by molar-refractivity contribution is -0.110. The van der Waals surface area contributed by atoms with Gasteiger partial charge in [0.05, 0.1) is 22.0 Å². The Kier molecular flexibility index (Phi) is 3.81. The molecule has 2 aliphatic rings. The Labute approximate surface area is 166 Å². The van der Waals surface area contributed by atoms with Crippen molar-refractivity contribution in [3.05, 3.63) is 70.1 Å². The molecule has 1 aliphatic heterocycles. The van der Waals surface area contributed by atoms with Crippen molar-refractivity contribution < 1.29 is 14.4 Å². The fraction of sp³-hybridized carbons (Fsp3) is 0.182. The van der Waals surface area contributed by atoms with Crippen LogP contribution in [0, 0.1) is 6.92 Å². The minimum atomic E-state index is -0.404. The van der Waals surface area contributed by atoms with Crippen molar-refractivity contribution >= 4 is 34.5 Å². The molecule has 28 heavy (non-hydrogen) atoms. The van der Waals surface area contributed by atoms with E-state index in [1.54, 1.807) is 19.1 Å². The number of rotatable bonds is 3. The van der Waals surface area contributed by atoms with Crippen LogP contribution in [0.5, 0.6) is 0 Å². The number of nitrogens with one attached hydrogen (secondary N) is 1. The minimum Gasteiger partial charge on any atom is -0.504 e. The SMILES string of the molecule is Cc1cc(/C(O)=C2\C(=O)Nc3cc(Cl)c(-c4ccc(C5CC5)cc4)cc32)on1. The number of aliphatic hydroxyl groups is 1. The summed E-state index contributed by atoms with van der Waals surface area (Å²) < 4.78 is 5.12. The molecule has 5 rings (SSSR count). The Morgan fingerprint density at radius 2 is 1.93 bits per heavy atom. The highest BCUT2D eigenvalue weighted by atomic mass is 35.5. The number of nitrogens with zero attached hydrogens (tertiary/aromatic N) is 1. The second-order valence-corrected chi connectivity index (χ2v) is 7.69. The van der Waals surface area contributed by atoms with Gasteiger partial charge >= 0.3 is 0 Å². The van der Waals surface area contributed by atoms with Gasteiger partial charge in [-0.1, -0.05) is 41.0 Å². The molecule has 0 unspecified atom stereocenters. The summed E-state index contributed by atoms with van der Waals surface area (Å²) in [5.41, 5.74) is 5.03. The van der Waals surface area contributed by atoms with E-state index in [0.29, 0.717) is 27.9 Å². The molecular weight excluding hydrogens is 376 g/mol. The molecule has 1 fully saturated rings. The van der Waals surface area contributed by atoms with Crippen molar-refractivity contribution in [3.63, 3.8) is 0 Å². The maximum absolute atomic E-state index is 12.5. The van der Waals surface area contributed by atoms with Crippen molar-refractivity contribution in [2.45, 2.75) is 25.7 Å². The first-order chi connectivity index (χ1) is 13.5. The first kappa shape index (κ1) is 17.1. The molecule has 140 valence electrons. The van der Waals surface area contributed by atoms with Crippen molar-refractivity contribution in [1.82, 2.24) is 5.16 Å². The first-order valence-electron chi connectivity index (χ1n) is 9.14. The van der Waals surface area contributed by atoms with Gasteiger partial charge in [0, 0.05) is 17.2 Å². The standard InChI is InChI=1S/C22H17ClN2O3/c1-11-8-19(28-25-11)21(26)20-16-9-15(17(23)10-18(16)24-22(20)27)14-6-4-13(5-7-14)12-2-3-12/h4-10,12,26H,2-3H2,1H3,(H,24,27)/b21-20+. The second-order valence-electron chi connectivity index (χ2n) is 7.28. The lowest BCUT2D eigenvalue weighted by Crippen LogP contribution is -2.05. The molecule has 6 heteroatoms. The van der Waals surface area contributed by atoms with E-state index in [-0.39, 0.29) is 17.1 Å². The highest BCUT2D eigenvalue weighted by Gasteiger charge is 2.31. The molecule has 1 amide bonds. The Morgan fingerprint density at radius 1 is 1.18 bits per heavy atom. The smallest absolute Gasteiger partial charge is 0.260 e. The van der Waals surface area contributed by atoms with E-state index in [2.05, 4.69) is 34.7 Å². The third-order valence-electron chi connectivity index (χ3n) is 5.22. The largest absolute Gasteiger partial charge is 0.504 e. The van der Waals surface area contributed by atoms with Crippen LogP contribution in [0.25, 0.3) is 22.5 Å². The number of aliphatic hydroxyl groups excluding tert-OH is 1. The van der Waals surface area contributed by atoms with Gasteiger partial charge in [0.2, 0.25) is 5.76 Å². The van der Waals surface area contributed by atoms with Crippen LogP contribution >= 0.6 is 11.6 Å². The van der Waals surface area contributed by atoms with Gasteiger partial charge in [-0.15, -0.1) is 0 Å². The number of anilines is 1. The molecular formula is C22H17ClN2O3. The lowest BCUT2D eigenvalue weighted by Gasteiger charge is -2.09. The predicted octanol–water partition coefficient (Wildman–Crippen LogP) is 5.56. The molecule has 5 nitrogen and oxygen atoms in total. The van der Waals surface area contributed by atoms with Crippen LogP contribution in [-0.2, 0) is 4.79 Å². The topological polar surface area (TPSA) is 75.4 Å². The van der Waals surface area contributed by atoms with Crippen molar-refractivity contribution in [2.75, 3.05) is 5.32 Å². The lowest BCUT2D eigenvalue weighted by atomic mass is 9.97. The predicted molar refractivity (Wildman–Crippen MR) is 108 cm³/mol. The number of aromatic nitrogens is 1. The van der Waals surface area contributed by atoms with E-state index >= 15 is 0 Å². The maximum atomic E-state index is 12.5. The average Bonchev–Trinajstić information content (AvgIpc) is 3.36. The maximum Gasteiger partial charge on any atom is 0.260 e. The van der Waals surface area contributed by atoms with E-state index in [1.165, 1.54) is 18.4 Å². The zero-order valence-corrected chi connectivity index (χ0v) is 15.9. The Balaban J connectivity index is 1.62. The number of benzene rings is 2. The Bertz CT molecular complexity index is 1140. The second kappa shape index (κ2) is 6.24. The van der Waals surface area contributed by atoms with Crippen LogP contribution < -0.4 is 5.32 Å². The van der Waals surface area contributed by atoms with Crippen molar-refractivity contribution in [3.8, 4) is 11.1 Å². The van der Waals surface area contributed by atoms with Gasteiger partial charge in [-0.05, 0) is 48.9 Å². The summed E-state index contributed by atoms with van der Waals surface area (Å²) in [6.07, 6.45) is 2.50. The monoisotopic (exact) mass is 392 g/mol. The zero-order valence-electron chi connectivity index (χ0n) is 15.1. The van der Waals surface area contributed by atoms with Gasteiger partial charge in [0.15, 0.2) is 5.76 Å².